The van der Waals surface area contributed by atoms with E-state index in [0.29, 0.717) is 0 Å². The van der Waals surface area contributed by atoms with Crippen molar-refractivity contribution in [3.8, 4) is 0 Å². The van der Waals surface area contributed by atoms with Crippen molar-refractivity contribution in [2.75, 3.05) is 39.3 Å². The van der Waals surface area contributed by atoms with E-state index in [1.54, 1.807) is 0 Å². The second-order valence-corrected chi connectivity index (χ2v) is 4.87. The van der Waals surface area contributed by atoms with E-state index in [-0.39, 0.29) is 0 Å². The van der Waals surface area contributed by atoms with E-state index in [0.717, 1.165) is 0 Å². The molecular formula is C15H24N2. The zero-order valence-electron chi connectivity index (χ0n) is 10.9. The summed E-state index contributed by atoms with van der Waals surface area (Å²) >= 11 is 0. The number of nitrogens with zero attached hydrogens (tertiary/aromatic N) is 2. The molecule has 0 radical (unpaired) electrons. The lowest BCUT2D eigenvalue weighted by Gasteiger charge is -2.20. The van der Waals surface area contributed by atoms with Gasteiger partial charge in [0.15, 0.2) is 0 Å². The maximum Gasteiger partial charge on any atom is 0.0109 e. The zero-order valence-corrected chi connectivity index (χ0v) is 10.9. The monoisotopic (exact) mass is 232 g/mol. The van der Waals surface area contributed by atoms with Crippen LogP contribution in [0.5, 0.6) is 0 Å². The van der Waals surface area contributed by atoms with Gasteiger partial charge in [-0.15, -0.1) is 0 Å². The van der Waals surface area contributed by atoms with Gasteiger partial charge >= 0.3 is 0 Å². The molecule has 17 heavy (non-hydrogen) atoms. The zero-order chi connectivity index (χ0) is 11.9. The molecule has 0 atom stereocenters. The van der Waals surface area contributed by atoms with E-state index < -0.39 is 0 Å². The standard InChI is InChI=1S/C15H24N2/c1-2-16-10-6-11-17(14-13-16)12-9-15-7-4-3-5-8-15/h3-5,7-8H,2,6,9-14H2,1H3. The Balaban J connectivity index is 1.76. The van der Waals surface area contributed by atoms with Gasteiger partial charge in [-0.25, -0.2) is 0 Å². The van der Waals surface area contributed by atoms with Crippen LogP contribution in [0, 0.1) is 0 Å². The third-order valence-electron chi connectivity index (χ3n) is 3.69. The summed E-state index contributed by atoms with van der Waals surface area (Å²) in [5.74, 6) is 0. The van der Waals surface area contributed by atoms with Crippen molar-refractivity contribution in [2.45, 2.75) is 19.8 Å². The summed E-state index contributed by atoms with van der Waals surface area (Å²) in [6.45, 7) is 9.70. The fourth-order valence-electron chi connectivity index (χ4n) is 2.50. The molecule has 0 aromatic heterocycles. The highest BCUT2D eigenvalue weighted by atomic mass is 15.2. The third-order valence-corrected chi connectivity index (χ3v) is 3.69. The maximum absolute atomic E-state index is 2.61. The van der Waals surface area contributed by atoms with Crippen LogP contribution in [0.15, 0.2) is 30.3 Å². The smallest absolute Gasteiger partial charge is 0.0109 e. The van der Waals surface area contributed by atoms with Crippen molar-refractivity contribution < 1.29 is 0 Å². The summed E-state index contributed by atoms with van der Waals surface area (Å²) in [5.41, 5.74) is 1.46. The van der Waals surface area contributed by atoms with Crippen LogP contribution in [0.25, 0.3) is 0 Å². The SMILES string of the molecule is CCN1CCCN(CCc2ccccc2)CC1. The van der Waals surface area contributed by atoms with Crippen molar-refractivity contribution in [2.24, 2.45) is 0 Å². The molecule has 2 heteroatoms. The average molecular weight is 232 g/mol. The number of rotatable bonds is 4. The normalized spacial score (nSPS) is 19.1. The first-order valence-electron chi connectivity index (χ1n) is 6.87. The highest BCUT2D eigenvalue weighted by Crippen LogP contribution is 2.05. The quantitative estimate of drug-likeness (QED) is 0.785. The van der Waals surface area contributed by atoms with Crippen LogP contribution < -0.4 is 0 Å². The number of hydrogen-bond acceptors (Lipinski definition) is 2. The highest BCUT2D eigenvalue weighted by Gasteiger charge is 2.12. The molecule has 0 N–H and O–H groups in total. The molecule has 1 heterocycles. The van der Waals surface area contributed by atoms with Crippen molar-refractivity contribution in [1.29, 1.82) is 0 Å². The molecule has 0 unspecified atom stereocenters. The Morgan fingerprint density at radius 1 is 0.941 bits per heavy atom. The summed E-state index contributed by atoms with van der Waals surface area (Å²) < 4.78 is 0. The molecule has 1 aromatic rings. The molecule has 0 bridgehead atoms. The van der Waals surface area contributed by atoms with Crippen molar-refractivity contribution in [3.05, 3.63) is 35.9 Å². The Morgan fingerprint density at radius 2 is 1.65 bits per heavy atom. The molecule has 2 rings (SSSR count). The first-order valence-corrected chi connectivity index (χ1v) is 6.87. The van der Waals surface area contributed by atoms with Gasteiger partial charge in [-0.1, -0.05) is 37.3 Å². The number of hydrogen-bond donors (Lipinski definition) is 0. The highest BCUT2D eigenvalue weighted by molar-refractivity contribution is 5.14. The predicted octanol–water partition coefficient (Wildman–Crippen LogP) is 2.26. The van der Waals surface area contributed by atoms with Gasteiger partial charge in [-0.05, 0) is 38.0 Å². The fourth-order valence-corrected chi connectivity index (χ4v) is 2.50. The van der Waals surface area contributed by atoms with Gasteiger partial charge < -0.3 is 9.80 Å². The molecule has 1 fully saturated rings. The van der Waals surface area contributed by atoms with Crippen LogP contribution in [-0.4, -0.2) is 49.1 Å². The molecular weight excluding hydrogens is 208 g/mol. The minimum absolute atomic E-state index is 1.19. The third kappa shape index (κ3) is 4.14. The summed E-state index contributed by atoms with van der Waals surface area (Å²) in [7, 11) is 0. The summed E-state index contributed by atoms with van der Waals surface area (Å²) in [6, 6.07) is 10.8. The second kappa shape index (κ2) is 6.77. The van der Waals surface area contributed by atoms with Gasteiger partial charge in [0.25, 0.3) is 0 Å². The molecule has 0 aliphatic carbocycles. The summed E-state index contributed by atoms with van der Waals surface area (Å²) in [6.07, 6.45) is 2.51. The van der Waals surface area contributed by atoms with E-state index in [4.69, 9.17) is 0 Å². The minimum atomic E-state index is 1.19. The molecule has 0 spiro atoms. The molecule has 94 valence electrons. The average Bonchev–Trinajstić information content (AvgIpc) is 2.62. The minimum Gasteiger partial charge on any atom is -0.302 e. The van der Waals surface area contributed by atoms with E-state index in [1.807, 2.05) is 0 Å². The van der Waals surface area contributed by atoms with Crippen LogP contribution in [-0.2, 0) is 6.42 Å². The number of likely N-dealkylation sites (N-methyl/N-ethyl adjacent to an activating group) is 1. The lowest BCUT2D eigenvalue weighted by molar-refractivity contribution is 0.265. The summed E-state index contributed by atoms with van der Waals surface area (Å²) in [4.78, 5) is 5.17. The van der Waals surface area contributed by atoms with Gasteiger partial charge in [0.05, 0.1) is 0 Å². The van der Waals surface area contributed by atoms with Gasteiger partial charge in [0, 0.05) is 19.6 Å². The van der Waals surface area contributed by atoms with E-state index in [1.165, 1.54) is 57.7 Å². The Morgan fingerprint density at radius 3 is 2.41 bits per heavy atom. The Kier molecular flexibility index (Phi) is 5.02. The summed E-state index contributed by atoms with van der Waals surface area (Å²) in [5, 5.41) is 0. The largest absolute Gasteiger partial charge is 0.302 e. The van der Waals surface area contributed by atoms with Crippen LogP contribution in [0.2, 0.25) is 0 Å². The maximum atomic E-state index is 2.61. The van der Waals surface area contributed by atoms with E-state index in [9.17, 15) is 0 Å². The van der Waals surface area contributed by atoms with Crippen molar-refractivity contribution in [1.82, 2.24) is 9.80 Å². The number of benzene rings is 1. The van der Waals surface area contributed by atoms with Crippen LogP contribution in [0.4, 0.5) is 0 Å². The van der Waals surface area contributed by atoms with Crippen molar-refractivity contribution in [3.63, 3.8) is 0 Å². The molecule has 0 amide bonds. The lowest BCUT2D eigenvalue weighted by Crippen LogP contribution is -2.31. The molecule has 2 nitrogen and oxygen atoms in total. The predicted molar refractivity (Wildman–Crippen MR) is 73.3 cm³/mol. The first-order chi connectivity index (χ1) is 8.38. The Labute approximate surface area is 105 Å². The lowest BCUT2D eigenvalue weighted by atomic mass is 10.1. The van der Waals surface area contributed by atoms with Gasteiger partial charge in [0.1, 0.15) is 0 Å². The fraction of sp³-hybridized carbons (Fsp3) is 0.600. The Bertz CT molecular complexity index is 310. The Hall–Kier alpha value is -0.860. The van der Waals surface area contributed by atoms with Crippen LogP contribution >= 0.6 is 0 Å². The molecule has 1 aromatic carbocycles. The van der Waals surface area contributed by atoms with Crippen LogP contribution in [0.1, 0.15) is 18.9 Å². The van der Waals surface area contributed by atoms with Crippen LogP contribution in [0.3, 0.4) is 0 Å². The van der Waals surface area contributed by atoms with E-state index >= 15 is 0 Å². The second-order valence-electron chi connectivity index (χ2n) is 4.87. The van der Waals surface area contributed by atoms with Gasteiger partial charge in [-0.3, -0.25) is 0 Å². The first kappa shape index (κ1) is 12.6. The molecule has 1 aliphatic heterocycles. The topological polar surface area (TPSA) is 6.48 Å². The molecule has 1 saturated heterocycles. The van der Waals surface area contributed by atoms with E-state index in [2.05, 4.69) is 47.1 Å². The van der Waals surface area contributed by atoms with Gasteiger partial charge in [-0.2, -0.15) is 0 Å². The van der Waals surface area contributed by atoms with Crippen molar-refractivity contribution >= 4 is 0 Å². The molecule has 0 saturated carbocycles. The van der Waals surface area contributed by atoms with Gasteiger partial charge in [0.2, 0.25) is 0 Å². The molecule has 1 aliphatic rings.